The fourth-order valence-electron chi connectivity index (χ4n) is 5.38. The Hall–Kier alpha value is -3.85. The Labute approximate surface area is 249 Å². The van der Waals surface area contributed by atoms with Crippen molar-refractivity contribution in [3.63, 3.8) is 0 Å². The van der Waals surface area contributed by atoms with Gasteiger partial charge in [0.2, 0.25) is 21.8 Å². The lowest BCUT2D eigenvalue weighted by Gasteiger charge is -2.34. The van der Waals surface area contributed by atoms with Crippen LogP contribution in [0.4, 0.5) is 5.69 Å². The van der Waals surface area contributed by atoms with E-state index in [2.05, 4.69) is 5.32 Å². The van der Waals surface area contributed by atoms with Crippen molar-refractivity contribution in [2.45, 2.75) is 64.6 Å². The summed E-state index contributed by atoms with van der Waals surface area (Å²) in [6.07, 6.45) is 5.33. The molecule has 224 valence electrons. The third kappa shape index (κ3) is 8.35. The van der Waals surface area contributed by atoms with Crippen molar-refractivity contribution in [2.75, 3.05) is 23.7 Å². The van der Waals surface area contributed by atoms with Crippen LogP contribution in [-0.4, -0.2) is 56.6 Å². The monoisotopic (exact) mass is 591 g/mol. The average Bonchev–Trinajstić information content (AvgIpc) is 3.48. The van der Waals surface area contributed by atoms with Gasteiger partial charge in [-0.1, -0.05) is 67.4 Å². The molecule has 3 aromatic carbocycles. The summed E-state index contributed by atoms with van der Waals surface area (Å²) in [4.78, 5) is 29.7. The third-order valence-corrected chi connectivity index (χ3v) is 8.83. The number of rotatable bonds is 13. The van der Waals surface area contributed by atoms with Crippen LogP contribution in [0.1, 0.15) is 49.3 Å². The van der Waals surface area contributed by atoms with Gasteiger partial charge in [-0.15, -0.1) is 0 Å². The Morgan fingerprint density at radius 3 is 2.21 bits per heavy atom. The molecule has 0 spiro atoms. The van der Waals surface area contributed by atoms with E-state index in [4.69, 9.17) is 4.74 Å². The summed E-state index contributed by atoms with van der Waals surface area (Å²) in [6.45, 7) is 4.04. The van der Waals surface area contributed by atoms with E-state index in [0.717, 1.165) is 52.9 Å². The average molecular weight is 592 g/mol. The van der Waals surface area contributed by atoms with E-state index in [1.165, 1.54) is 0 Å². The Bertz CT molecular complexity index is 1440. The zero-order chi connectivity index (χ0) is 30.1. The molecule has 0 radical (unpaired) electrons. The highest BCUT2D eigenvalue weighted by Crippen LogP contribution is 2.24. The number of hydrogen-bond acceptors (Lipinski definition) is 5. The maximum Gasteiger partial charge on any atom is 0.244 e. The van der Waals surface area contributed by atoms with Crippen molar-refractivity contribution in [3.8, 4) is 5.75 Å². The molecular weight excluding hydrogens is 550 g/mol. The second-order valence-electron chi connectivity index (χ2n) is 10.8. The Morgan fingerprint density at radius 2 is 1.60 bits per heavy atom. The first-order chi connectivity index (χ1) is 20.2. The number of carbonyl (C=O) groups is 2. The van der Waals surface area contributed by atoms with Crippen molar-refractivity contribution in [1.82, 2.24) is 10.2 Å². The molecule has 0 heterocycles. The molecule has 42 heavy (non-hydrogen) atoms. The maximum absolute atomic E-state index is 14.2. The van der Waals surface area contributed by atoms with Gasteiger partial charge in [0.1, 0.15) is 18.3 Å². The van der Waals surface area contributed by atoms with Gasteiger partial charge < -0.3 is 15.0 Å². The first-order valence-electron chi connectivity index (χ1n) is 14.5. The maximum atomic E-state index is 14.2. The second-order valence-corrected chi connectivity index (χ2v) is 12.7. The summed E-state index contributed by atoms with van der Waals surface area (Å²) in [5, 5.41) is 3.19. The van der Waals surface area contributed by atoms with E-state index in [9.17, 15) is 18.0 Å². The van der Waals surface area contributed by atoms with E-state index < -0.39 is 28.5 Å². The highest BCUT2D eigenvalue weighted by atomic mass is 32.2. The number of anilines is 1. The highest BCUT2D eigenvalue weighted by molar-refractivity contribution is 7.92. The van der Waals surface area contributed by atoms with Crippen LogP contribution in [-0.2, 0) is 32.6 Å². The van der Waals surface area contributed by atoms with Crippen LogP contribution in [0, 0.1) is 6.92 Å². The quantitative estimate of drug-likeness (QED) is 0.306. The summed E-state index contributed by atoms with van der Waals surface area (Å²) in [7, 11) is -3.83. The van der Waals surface area contributed by atoms with Gasteiger partial charge in [-0.25, -0.2) is 8.42 Å². The van der Waals surface area contributed by atoms with Gasteiger partial charge in [0.25, 0.3) is 0 Å². The fourth-order valence-corrected chi connectivity index (χ4v) is 6.23. The predicted molar refractivity (Wildman–Crippen MR) is 166 cm³/mol. The van der Waals surface area contributed by atoms with E-state index in [0.29, 0.717) is 24.5 Å². The van der Waals surface area contributed by atoms with Crippen molar-refractivity contribution in [2.24, 2.45) is 0 Å². The van der Waals surface area contributed by atoms with Crippen LogP contribution >= 0.6 is 0 Å². The lowest BCUT2D eigenvalue weighted by molar-refractivity contribution is -0.140. The molecule has 1 atom stereocenters. The molecule has 1 saturated carbocycles. The van der Waals surface area contributed by atoms with Crippen molar-refractivity contribution in [3.05, 3.63) is 95.6 Å². The molecule has 9 heteroatoms. The summed E-state index contributed by atoms with van der Waals surface area (Å²) in [6, 6.07) is 23.2. The molecular formula is C33H41N3O5S. The summed E-state index contributed by atoms with van der Waals surface area (Å²) in [5.74, 6) is -0.0755. The van der Waals surface area contributed by atoms with Gasteiger partial charge in [0, 0.05) is 19.0 Å². The number of aryl methyl sites for hydroxylation is 1. The minimum absolute atomic E-state index is 0.0718. The summed E-state index contributed by atoms with van der Waals surface area (Å²) in [5.41, 5.74) is 3.14. The zero-order valence-electron chi connectivity index (χ0n) is 24.7. The van der Waals surface area contributed by atoms with Crippen molar-refractivity contribution >= 4 is 27.5 Å². The molecule has 1 aliphatic rings. The van der Waals surface area contributed by atoms with E-state index in [1.54, 1.807) is 29.2 Å². The summed E-state index contributed by atoms with van der Waals surface area (Å²) < 4.78 is 32.6. The molecule has 1 aliphatic carbocycles. The molecule has 4 rings (SSSR count). The number of nitrogens with zero attached hydrogens (tertiary/aromatic N) is 2. The molecule has 1 unspecified atom stereocenters. The van der Waals surface area contributed by atoms with Crippen LogP contribution < -0.4 is 14.4 Å². The van der Waals surface area contributed by atoms with Gasteiger partial charge in [0.15, 0.2) is 0 Å². The number of benzene rings is 3. The molecule has 8 nitrogen and oxygen atoms in total. The molecule has 0 aliphatic heterocycles. The minimum Gasteiger partial charge on any atom is -0.494 e. The zero-order valence-corrected chi connectivity index (χ0v) is 25.5. The molecule has 1 fully saturated rings. The minimum atomic E-state index is -3.83. The van der Waals surface area contributed by atoms with Gasteiger partial charge in [-0.2, -0.15) is 0 Å². The van der Waals surface area contributed by atoms with Gasteiger partial charge in [0.05, 0.1) is 18.6 Å². The number of sulfonamides is 1. The van der Waals surface area contributed by atoms with Crippen molar-refractivity contribution < 1.29 is 22.7 Å². The molecule has 2 amide bonds. The predicted octanol–water partition coefficient (Wildman–Crippen LogP) is 4.86. The van der Waals surface area contributed by atoms with E-state index in [1.807, 2.05) is 68.4 Å². The first kappa shape index (κ1) is 31.1. The number of hydrogen-bond donors (Lipinski definition) is 1. The topological polar surface area (TPSA) is 96.0 Å². The molecule has 0 saturated heterocycles. The van der Waals surface area contributed by atoms with Crippen LogP contribution in [0.5, 0.6) is 5.75 Å². The fraction of sp³-hybridized carbons (Fsp3) is 0.394. The standard InChI is InChI=1S/C33H41N3O5S/c1-4-41-30-20-18-29(19-21-30)36(42(3,39)40)24-32(37)35(23-27-15-9-8-12-25(27)2)31(22-26-13-6-5-7-14-26)33(38)34-28-16-10-11-17-28/h5-9,12-15,18-21,28,31H,4,10-11,16-17,22-24H2,1-3H3,(H,34,38). The molecule has 3 aromatic rings. The lowest BCUT2D eigenvalue weighted by atomic mass is 10.0. The number of amides is 2. The molecule has 0 aromatic heterocycles. The molecule has 0 bridgehead atoms. The third-order valence-electron chi connectivity index (χ3n) is 7.69. The number of nitrogens with one attached hydrogen (secondary N) is 1. The van der Waals surface area contributed by atoms with Crippen LogP contribution in [0.2, 0.25) is 0 Å². The van der Waals surface area contributed by atoms with Crippen LogP contribution in [0.15, 0.2) is 78.9 Å². The number of ether oxygens (including phenoxy) is 1. The smallest absolute Gasteiger partial charge is 0.244 e. The largest absolute Gasteiger partial charge is 0.494 e. The van der Waals surface area contributed by atoms with Gasteiger partial charge >= 0.3 is 0 Å². The van der Waals surface area contributed by atoms with Crippen molar-refractivity contribution in [1.29, 1.82) is 0 Å². The Kier molecular flexibility index (Phi) is 10.6. The second kappa shape index (κ2) is 14.4. The Balaban J connectivity index is 1.71. The van der Waals surface area contributed by atoms with Gasteiger partial charge in [-0.3, -0.25) is 13.9 Å². The normalized spacial score (nSPS) is 14.3. The first-order valence-corrected chi connectivity index (χ1v) is 16.4. The van der Waals surface area contributed by atoms with Crippen LogP contribution in [0.3, 0.4) is 0 Å². The molecule has 1 N–H and O–H groups in total. The SMILES string of the molecule is CCOc1ccc(N(CC(=O)N(Cc2ccccc2C)C(Cc2ccccc2)C(=O)NC2CCCC2)S(C)(=O)=O)cc1. The van der Waals surface area contributed by atoms with E-state index >= 15 is 0 Å². The van der Waals surface area contributed by atoms with Gasteiger partial charge in [-0.05, 0) is 67.6 Å². The highest BCUT2D eigenvalue weighted by Gasteiger charge is 2.34. The summed E-state index contributed by atoms with van der Waals surface area (Å²) >= 11 is 0. The Morgan fingerprint density at radius 1 is 0.952 bits per heavy atom. The number of carbonyl (C=O) groups excluding carboxylic acids is 2. The van der Waals surface area contributed by atoms with E-state index in [-0.39, 0.29) is 18.5 Å². The lowest BCUT2D eigenvalue weighted by Crippen LogP contribution is -2.54. The van der Waals surface area contributed by atoms with Crippen LogP contribution in [0.25, 0.3) is 0 Å².